The highest BCUT2D eigenvalue weighted by Crippen LogP contribution is 2.28. The van der Waals surface area contributed by atoms with Gasteiger partial charge in [0.25, 0.3) is 11.8 Å². The second kappa shape index (κ2) is 10.7. The summed E-state index contributed by atoms with van der Waals surface area (Å²) in [4.78, 5) is 26.4. The van der Waals surface area contributed by atoms with Gasteiger partial charge in [0.15, 0.2) is 18.1 Å². The molecule has 0 unspecified atom stereocenters. The molecule has 0 radical (unpaired) electrons. The number of furan rings is 1. The van der Waals surface area contributed by atoms with E-state index in [0.717, 1.165) is 31.5 Å². The zero-order valence-corrected chi connectivity index (χ0v) is 18.3. The molecule has 1 aromatic heterocycles. The maximum absolute atomic E-state index is 12.3. The van der Waals surface area contributed by atoms with E-state index >= 15 is 0 Å². The Morgan fingerprint density at radius 3 is 2.58 bits per heavy atom. The number of nitrogens with zero attached hydrogens (tertiary/aromatic N) is 2. The minimum absolute atomic E-state index is 0.0136. The van der Waals surface area contributed by atoms with Crippen molar-refractivity contribution >= 4 is 18.0 Å². The van der Waals surface area contributed by atoms with Crippen LogP contribution in [0.5, 0.6) is 11.5 Å². The summed E-state index contributed by atoms with van der Waals surface area (Å²) in [6.07, 6.45) is 4.77. The van der Waals surface area contributed by atoms with Gasteiger partial charge in [-0.1, -0.05) is 0 Å². The van der Waals surface area contributed by atoms with Crippen LogP contribution in [-0.2, 0) is 4.79 Å². The van der Waals surface area contributed by atoms with E-state index in [9.17, 15) is 9.59 Å². The fourth-order valence-electron chi connectivity index (χ4n) is 3.45. The number of hydrogen-bond acceptors (Lipinski definition) is 6. The number of hydrogen-bond donors (Lipinski definition) is 1. The van der Waals surface area contributed by atoms with Gasteiger partial charge in [0.1, 0.15) is 11.5 Å². The number of rotatable bonds is 8. The number of benzene rings is 1. The van der Waals surface area contributed by atoms with Crippen LogP contribution in [-0.4, -0.2) is 49.2 Å². The van der Waals surface area contributed by atoms with Crippen LogP contribution in [0.4, 0.5) is 0 Å². The monoisotopic (exact) mass is 427 g/mol. The maximum Gasteiger partial charge on any atom is 0.274 e. The van der Waals surface area contributed by atoms with Crippen molar-refractivity contribution in [2.45, 2.75) is 40.0 Å². The summed E-state index contributed by atoms with van der Waals surface area (Å²) in [6.45, 7) is 7.40. The average Bonchev–Trinajstić information content (AvgIpc) is 3.11. The highest BCUT2D eigenvalue weighted by atomic mass is 16.5. The summed E-state index contributed by atoms with van der Waals surface area (Å²) in [7, 11) is 0. The number of likely N-dealkylation sites (tertiary alicyclic amines) is 1. The van der Waals surface area contributed by atoms with Gasteiger partial charge in [0.05, 0.1) is 18.4 Å². The van der Waals surface area contributed by atoms with Crippen molar-refractivity contribution in [3.63, 3.8) is 0 Å². The van der Waals surface area contributed by atoms with Crippen LogP contribution in [0.3, 0.4) is 0 Å². The van der Waals surface area contributed by atoms with E-state index in [1.807, 2.05) is 11.8 Å². The van der Waals surface area contributed by atoms with Gasteiger partial charge in [0.2, 0.25) is 0 Å². The molecule has 2 amide bonds. The van der Waals surface area contributed by atoms with Crippen molar-refractivity contribution in [2.24, 2.45) is 5.10 Å². The third-order valence-electron chi connectivity index (χ3n) is 4.99. The summed E-state index contributed by atoms with van der Waals surface area (Å²) in [5.41, 5.74) is 3.66. The molecule has 1 saturated heterocycles. The minimum Gasteiger partial charge on any atom is -0.490 e. The Labute approximate surface area is 182 Å². The van der Waals surface area contributed by atoms with Gasteiger partial charge in [-0.2, -0.15) is 5.10 Å². The smallest absolute Gasteiger partial charge is 0.274 e. The average molecular weight is 428 g/mol. The van der Waals surface area contributed by atoms with Gasteiger partial charge in [-0.15, -0.1) is 0 Å². The number of carbonyl (C=O) groups is 2. The van der Waals surface area contributed by atoms with Gasteiger partial charge in [0, 0.05) is 13.1 Å². The van der Waals surface area contributed by atoms with Crippen molar-refractivity contribution in [2.75, 3.05) is 26.3 Å². The number of piperidine rings is 1. The maximum atomic E-state index is 12.3. The third-order valence-corrected chi connectivity index (χ3v) is 4.99. The molecule has 0 atom stereocenters. The number of amides is 2. The van der Waals surface area contributed by atoms with E-state index in [4.69, 9.17) is 13.9 Å². The number of aryl methyl sites for hydroxylation is 2. The van der Waals surface area contributed by atoms with Crippen molar-refractivity contribution in [1.29, 1.82) is 0 Å². The highest BCUT2D eigenvalue weighted by molar-refractivity contribution is 5.95. The van der Waals surface area contributed by atoms with Gasteiger partial charge in [-0.25, -0.2) is 5.43 Å². The second-order valence-corrected chi connectivity index (χ2v) is 7.40. The lowest BCUT2D eigenvalue weighted by atomic mass is 10.1. The lowest BCUT2D eigenvalue weighted by Gasteiger charge is -2.26. The molecule has 1 aromatic carbocycles. The Morgan fingerprint density at radius 1 is 1.13 bits per heavy atom. The largest absolute Gasteiger partial charge is 0.490 e. The highest BCUT2D eigenvalue weighted by Gasteiger charge is 2.18. The molecule has 0 spiro atoms. The van der Waals surface area contributed by atoms with Crippen LogP contribution in [0.1, 0.15) is 53.6 Å². The first-order valence-corrected chi connectivity index (χ1v) is 10.6. The topological polar surface area (TPSA) is 93.4 Å². The van der Waals surface area contributed by atoms with Crippen molar-refractivity contribution in [3.8, 4) is 11.5 Å². The summed E-state index contributed by atoms with van der Waals surface area (Å²) in [6, 6.07) is 6.95. The van der Waals surface area contributed by atoms with Gasteiger partial charge in [-0.05, 0) is 69.9 Å². The van der Waals surface area contributed by atoms with Crippen LogP contribution >= 0.6 is 0 Å². The molecule has 8 nitrogen and oxygen atoms in total. The number of nitrogens with one attached hydrogen (secondary N) is 1. The van der Waals surface area contributed by atoms with Crippen LogP contribution in [0, 0.1) is 13.8 Å². The van der Waals surface area contributed by atoms with E-state index in [1.165, 1.54) is 12.6 Å². The quantitative estimate of drug-likeness (QED) is 0.514. The first-order valence-electron chi connectivity index (χ1n) is 10.6. The van der Waals surface area contributed by atoms with Crippen LogP contribution in [0.25, 0.3) is 0 Å². The standard InChI is InChI=1S/C23H29N3O5/c1-4-29-21-13-18(14-24-25-23(28)19-12-16(2)31-17(19)3)8-9-20(21)30-15-22(27)26-10-6-5-7-11-26/h8-9,12-14H,4-7,10-11,15H2,1-3H3,(H,25,28)/b24-14-. The fourth-order valence-corrected chi connectivity index (χ4v) is 3.45. The molecule has 3 rings (SSSR count). The molecule has 166 valence electrons. The summed E-state index contributed by atoms with van der Waals surface area (Å²) in [5, 5.41) is 4.01. The van der Waals surface area contributed by atoms with Crippen molar-refractivity contribution < 1.29 is 23.5 Å². The third kappa shape index (κ3) is 6.10. The Kier molecular flexibility index (Phi) is 7.70. The van der Waals surface area contributed by atoms with E-state index in [-0.39, 0.29) is 18.4 Å². The molecular weight excluding hydrogens is 398 g/mol. The van der Waals surface area contributed by atoms with Crippen LogP contribution in [0.15, 0.2) is 33.8 Å². The van der Waals surface area contributed by atoms with Crippen molar-refractivity contribution in [3.05, 3.63) is 46.9 Å². The zero-order chi connectivity index (χ0) is 22.2. The second-order valence-electron chi connectivity index (χ2n) is 7.40. The Hall–Kier alpha value is -3.29. The van der Waals surface area contributed by atoms with E-state index in [1.54, 1.807) is 38.1 Å². The summed E-state index contributed by atoms with van der Waals surface area (Å²) >= 11 is 0. The molecule has 0 aliphatic carbocycles. The predicted molar refractivity (Wildman–Crippen MR) is 117 cm³/mol. The molecular formula is C23H29N3O5. The van der Waals surface area contributed by atoms with Gasteiger partial charge >= 0.3 is 0 Å². The lowest BCUT2D eigenvalue weighted by molar-refractivity contribution is -0.134. The lowest BCUT2D eigenvalue weighted by Crippen LogP contribution is -2.38. The molecule has 2 aromatic rings. The number of carbonyl (C=O) groups excluding carboxylic acids is 2. The molecule has 1 aliphatic heterocycles. The summed E-state index contributed by atoms with van der Waals surface area (Å²) in [5.74, 6) is 1.88. The normalized spacial score (nSPS) is 14.0. The zero-order valence-electron chi connectivity index (χ0n) is 18.3. The molecule has 0 bridgehead atoms. The molecule has 0 saturated carbocycles. The van der Waals surface area contributed by atoms with E-state index < -0.39 is 0 Å². The Bertz CT molecular complexity index is 945. The minimum atomic E-state index is -0.341. The first-order chi connectivity index (χ1) is 15.0. The first kappa shape index (κ1) is 22.4. The van der Waals surface area contributed by atoms with E-state index in [0.29, 0.717) is 35.2 Å². The molecule has 1 aliphatic rings. The summed E-state index contributed by atoms with van der Waals surface area (Å²) < 4.78 is 16.8. The van der Waals surface area contributed by atoms with Crippen LogP contribution in [0.2, 0.25) is 0 Å². The number of ether oxygens (including phenoxy) is 2. The molecule has 1 N–H and O–H groups in total. The van der Waals surface area contributed by atoms with Crippen LogP contribution < -0.4 is 14.9 Å². The number of hydrazone groups is 1. The predicted octanol–water partition coefficient (Wildman–Crippen LogP) is 3.45. The van der Waals surface area contributed by atoms with Gasteiger partial charge in [-0.3, -0.25) is 9.59 Å². The molecule has 2 heterocycles. The SMILES string of the molecule is CCOc1cc(/C=N\NC(=O)c2cc(C)oc2C)ccc1OCC(=O)N1CCCCC1. The van der Waals surface area contributed by atoms with Crippen molar-refractivity contribution in [1.82, 2.24) is 10.3 Å². The Balaban J connectivity index is 1.61. The molecule has 31 heavy (non-hydrogen) atoms. The van der Waals surface area contributed by atoms with E-state index in [2.05, 4.69) is 10.5 Å². The Morgan fingerprint density at radius 2 is 1.90 bits per heavy atom. The molecule has 8 heteroatoms. The fraction of sp³-hybridized carbons (Fsp3) is 0.435. The molecule has 1 fully saturated rings. The van der Waals surface area contributed by atoms with Gasteiger partial charge < -0.3 is 18.8 Å².